The SMILES string of the molecule is CC1(C(=O)N2CCC[C@@H]2CO)C=CCC=C1. The van der Waals surface area contributed by atoms with Crippen LogP contribution in [0.15, 0.2) is 24.3 Å². The topological polar surface area (TPSA) is 40.5 Å². The second-order valence-corrected chi connectivity index (χ2v) is 4.80. The zero-order valence-corrected chi connectivity index (χ0v) is 9.72. The number of amides is 1. The molecule has 3 nitrogen and oxygen atoms in total. The molecule has 1 N–H and O–H groups in total. The van der Waals surface area contributed by atoms with Crippen molar-refractivity contribution in [2.75, 3.05) is 13.2 Å². The second-order valence-electron chi connectivity index (χ2n) is 4.80. The number of aliphatic hydroxyl groups excluding tert-OH is 1. The summed E-state index contributed by atoms with van der Waals surface area (Å²) in [4.78, 5) is 14.2. The van der Waals surface area contributed by atoms with Gasteiger partial charge in [-0.3, -0.25) is 4.79 Å². The summed E-state index contributed by atoms with van der Waals surface area (Å²) in [6.07, 6.45) is 10.8. The Labute approximate surface area is 96.4 Å². The van der Waals surface area contributed by atoms with E-state index in [4.69, 9.17) is 0 Å². The first-order chi connectivity index (χ1) is 7.67. The highest BCUT2D eigenvalue weighted by atomic mass is 16.3. The Morgan fingerprint density at radius 3 is 2.81 bits per heavy atom. The van der Waals surface area contributed by atoms with E-state index in [-0.39, 0.29) is 18.6 Å². The molecule has 16 heavy (non-hydrogen) atoms. The molecule has 1 atom stereocenters. The summed E-state index contributed by atoms with van der Waals surface area (Å²) in [5.41, 5.74) is -0.504. The summed E-state index contributed by atoms with van der Waals surface area (Å²) in [6.45, 7) is 2.80. The molecule has 88 valence electrons. The average Bonchev–Trinajstić information content (AvgIpc) is 2.77. The quantitative estimate of drug-likeness (QED) is 0.718. The third-order valence-corrected chi connectivity index (χ3v) is 3.51. The Balaban J connectivity index is 2.15. The molecule has 1 fully saturated rings. The number of hydrogen-bond acceptors (Lipinski definition) is 2. The number of aliphatic hydroxyl groups is 1. The predicted molar refractivity (Wildman–Crippen MR) is 62.8 cm³/mol. The molecule has 1 heterocycles. The number of nitrogens with zero attached hydrogens (tertiary/aromatic N) is 1. The van der Waals surface area contributed by atoms with Gasteiger partial charge in [0.05, 0.1) is 18.1 Å². The Bertz CT molecular complexity index is 321. The molecule has 2 aliphatic rings. The lowest BCUT2D eigenvalue weighted by Crippen LogP contribution is -2.44. The molecule has 1 aliphatic heterocycles. The first kappa shape index (κ1) is 11.4. The van der Waals surface area contributed by atoms with E-state index in [0.29, 0.717) is 0 Å². The summed E-state index contributed by atoms with van der Waals surface area (Å²) in [5.74, 6) is 0.122. The maximum atomic E-state index is 12.4. The second kappa shape index (κ2) is 4.42. The molecule has 0 bridgehead atoms. The molecule has 0 aromatic rings. The molecule has 1 aliphatic carbocycles. The maximum absolute atomic E-state index is 12.4. The highest BCUT2D eigenvalue weighted by molar-refractivity contribution is 5.87. The number of allylic oxidation sites excluding steroid dienone is 2. The summed E-state index contributed by atoms with van der Waals surface area (Å²) in [7, 11) is 0. The highest BCUT2D eigenvalue weighted by Gasteiger charge is 2.37. The van der Waals surface area contributed by atoms with Crippen molar-refractivity contribution >= 4 is 5.91 Å². The third kappa shape index (κ3) is 1.92. The van der Waals surface area contributed by atoms with Gasteiger partial charge >= 0.3 is 0 Å². The van der Waals surface area contributed by atoms with Gasteiger partial charge in [-0.15, -0.1) is 0 Å². The fourth-order valence-electron chi connectivity index (χ4n) is 2.50. The van der Waals surface area contributed by atoms with E-state index in [1.807, 2.05) is 36.1 Å². The molecular formula is C13H19NO2. The summed E-state index contributed by atoms with van der Waals surface area (Å²) in [6, 6.07) is 0.0213. The number of rotatable bonds is 2. The Kier molecular flexibility index (Phi) is 3.15. The van der Waals surface area contributed by atoms with Gasteiger partial charge in [0.15, 0.2) is 0 Å². The number of carbonyl (C=O) groups is 1. The van der Waals surface area contributed by atoms with Crippen LogP contribution < -0.4 is 0 Å². The summed E-state index contributed by atoms with van der Waals surface area (Å²) < 4.78 is 0. The standard InChI is InChI=1S/C13H19NO2/c1-13(7-3-2-4-8-13)12(16)14-9-5-6-11(14)10-15/h3-4,7-8,11,15H,2,5-6,9-10H2,1H3/t11-/m1/s1. The van der Waals surface area contributed by atoms with Crippen LogP contribution >= 0.6 is 0 Å². The molecule has 0 spiro atoms. The van der Waals surface area contributed by atoms with E-state index < -0.39 is 5.41 Å². The summed E-state index contributed by atoms with van der Waals surface area (Å²) in [5, 5.41) is 9.24. The van der Waals surface area contributed by atoms with Crippen molar-refractivity contribution in [3.8, 4) is 0 Å². The average molecular weight is 221 g/mol. The molecule has 2 rings (SSSR count). The Morgan fingerprint density at radius 2 is 2.19 bits per heavy atom. The molecule has 0 unspecified atom stereocenters. The van der Waals surface area contributed by atoms with Crippen molar-refractivity contribution in [2.24, 2.45) is 5.41 Å². The molecule has 0 radical (unpaired) electrons. The van der Waals surface area contributed by atoms with Crippen LogP contribution in [-0.2, 0) is 4.79 Å². The number of likely N-dealkylation sites (tertiary alicyclic amines) is 1. The van der Waals surface area contributed by atoms with Gasteiger partial charge in [0.1, 0.15) is 0 Å². The zero-order valence-electron chi connectivity index (χ0n) is 9.72. The maximum Gasteiger partial charge on any atom is 0.236 e. The van der Waals surface area contributed by atoms with E-state index in [9.17, 15) is 9.90 Å². The van der Waals surface area contributed by atoms with E-state index in [2.05, 4.69) is 0 Å². The Hall–Kier alpha value is -1.09. The van der Waals surface area contributed by atoms with E-state index >= 15 is 0 Å². The minimum absolute atomic E-state index is 0.0213. The van der Waals surface area contributed by atoms with Crippen molar-refractivity contribution in [3.63, 3.8) is 0 Å². The molecular weight excluding hydrogens is 202 g/mol. The van der Waals surface area contributed by atoms with Crippen LogP contribution in [0.5, 0.6) is 0 Å². The van der Waals surface area contributed by atoms with Crippen molar-refractivity contribution in [2.45, 2.75) is 32.2 Å². The lowest BCUT2D eigenvalue weighted by molar-refractivity contribution is -0.138. The molecule has 0 aromatic carbocycles. The van der Waals surface area contributed by atoms with Crippen LogP contribution in [0.2, 0.25) is 0 Å². The smallest absolute Gasteiger partial charge is 0.236 e. The lowest BCUT2D eigenvalue weighted by atomic mass is 9.84. The molecule has 3 heteroatoms. The van der Waals surface area contributed by atoms with Gasteiger partial charge in [-0.2, -0.15) is 0 Å². The third-order valence-electron chi connectivity index (χ3n) is 3.51. The van der Waals surface area contributed by atoms with Gasteiger partial charge in [-0.1, -0.05) is 24.3 Å². The number of hydrogen-bond donors (Lipinski definition) is 1. The molecule has 0 saturated carbocycles. The van der Waals surface area contributed by atoms with Gasteiger partial charge in [0, 0.05) is 6.54 Å². The fourth-order valence-corrected chi connectivity index (χ4v) is 2.50. The van der Waals surface area contributed by atoms with Crippen LogP contribution in [0.4, 0.5) is 0 Å². The molecule has 0 aromatic heterocycles. The van der Waals surface area contributed by atoms with Crippen LogP contribution in [0.25, 0.3) is 0 Å². The van der Waals surface area contributed by atoms with Crippen molar-refractivity contribution < 1.29 is 9.90 Å². The van der Waals surface area contributed by atoms with Crippen LogP contribution in [0.3, 0.4) is 0 Å². The monoisotopic (exact) mass is 221 g/mol. The molecule has 1 saturated heterocycles. The minimum Gasteiger partial charge on any atom is -0.394 e. The van der Waals surface area contributed by atoms with E-state index in [0.717, 1.165) is 25.8 Å². The molecule has 1 amide bonds. The van der Waals surface area contributed by atoms with Gasteiger partial charge in [-0.05, 0) is 26.2 Å². The summed E-state index contributed by atoms with van der Waals surface area (Å²) >= 11 is 0. The normalized spacial score (nSPS) is 27.4. The first-order valence-electron chi connectivity index (χ1n) is 5.95. The van der Waals surface area contributed by atoms with Crippen molar-refractivity contribution in [1.82, 2.24) is 4.90 Å². The Morgan fingerprint density at radius 1 is 1.50 bits per heavy atom. The zero-order chi connectivity index (χ0) is 11.6. The van der Waals surface area contributed by atoms with Crippen molar-refractivity contribution in [3.05, 3.63) is 24.3 Å². The van der Waals surface area contributed by atoms with Crippen molar-refractivity contribution in [1.29, 1.82) is 0 Å². The number of carbonyl (C=O) groups excluding carboxylic acids is 1. The fraction of sp³-hybridized carbons (Fsp3) is 0.615. The van der Waals surface area contributed by atoms with Crippen LogP contribution in [-0.4, -0.2) is 35.1 Å². The lowest BCUT2D eigenvalue weighted by Gasteiger charge is -2.32. The van der Waals surface area contributed by atoms with Crippen LogP contribution in [0.1, 0.15) is 26.2 Å². The predicted octanol–water partition coefficient (Wildman–Crippen LogP) is 1.49. The highest BCUT2D eigenvalue weighted by Crippen LogP contribution is 2.30. The minimum atomic E-state index is -0.504. The van der Waals surface area contributed by atoms with Crippen LogP contribution in [0, 0.1) is 5.41 Å². The first-order valence-corrected chi connectivity index (χ1v) is 5.95. The van der Waals surface area contributed by atoms with E-state index in [1.165, 1.54) is 0 Å². The van der Waals surface area contributed by atoms with Gasteiger partial charge in [0.2, 0.25) is 5.91 Å². The van der Waals surface area contributed by atoms with Gasteiger partial charge in [0.25, 0.3) is 0 Å². The van der Waals surface area contributed by atoms with Gasteiger partial charge < -0.3 is 10.0 Å². The van der Waals surface area contributed by atoms with Gasteiger partial charge in [-0.25, -0.2) is 0 Å². The largest absolute Gasteiger partial charge is 0.394 e. The van der Waals surface area contributed by atoms with E-state index in [1.54, 1.807) is 0 Å².